The van der Waals surface area contributed by atoms with Crippen LogP contribution in [0.25, 0.3) is 23.0 Å². The summed E-state index contributed by atoms with van der Waals surface area (Å²) >= 11 is 0. The third kappa shape index (κ3) is 7.24. The lowest BCUT2D eigenvalue weighted by atomic mass is 9.93. The molecule has 2 heterocycles. The third-order valence-corrected chi connectivity index (χ3v) is 5.45. The van der Waals surface area contributed by atoms with Crippen molar-refractivity contribution in [1.82, 2.24) is 30.7 Å². The number of nitrogens with zero attached hydrogens (tertiary/aromatic N) is 4. The molecule has 0 radical (unpaired) electrons. The number of carboxylic acid groups (broad SMARTS) is 1. The van der Waals surface area contributed by atoms with E-state index in [0.717, 1.165) is 34.4 Å². The Morgan fingerprint density at radius 2 is 1.81 bits per heavy atom. The van der Waals surface area contributed by atoms with E-state index < -0.39 is 6.09 Å². The highest BCUT2D eigenvalue weighted by Gasteiger charge is 2.17. The first-order valence-corrected chi connectivity index (χ1v) is 12.0. The summed E-state index contributed by atoms with van der Waals surface area (Å²) in [5.41, 5.74) is 5.44. The zero-order valence-corrected chi connectivity index (χ0v) is 21.3. The maximum atomic E-state index is 12.2. The number of carbonyl (C=O) groups excluding carboxylic acids is 1. The van der Waals surface area contributed by atoms with Gasteiger partial charge in [-0.05, 0) is 75.4 Å². The van der Waals surface area contributed by atoms with Gasteiger partial charge in [-0.15, -0.1) is 0 Å². The topological polar surface area (TPSA) is 155 Å². The Balaban J connectivity index is 1.74. The van der Waals surface area contributed by atoms with E-state index in [1.807, 2.05) is 39.8 Å². The van der Waals surface area contributed by atoms with E-state index in [2.05, 4.69) is 43.0 Å². The largest absolute Gasteiger partial charge is 0.465 e. The van der Waals surface area contributed by atoms with E-state index in [-0.39, 0.29) is 25.0 Å². The quantitative estimate of drug-likeness (QED) is 0.292. The number of rotatable bonds is 11. The second-order valence-electron chi connectivity index (χ2n) is 8.81. The molecule has 3 aromatic rings. The zero-order valence-electron chi connectivity index (χ0n) is 21.3. The van der Waals surface area contributed by atoms with E-state index in [1.165, 1.54) is 0 Å². The fourth-order valence-electron chi connectivity index (χ4n) is 3.84. The molecule has 0 saturated carbocycles. The van der Waals surface area contributed by atoms with Crippen molar-refractivity contribution in [2.24, 2.45) is 0 Å². The minimum atomic E-state index is -1.11. The molecule has 0 aliphatic rings. The summed E-state index contributed by atoms with van der Waals surface area (Å²) in [7, 11) is 0. The van der Waals surface area contributed by atoms with Crippen LogP contribution >= 0.6 is 0 Å². The van der Waals surface area contributed by atoms with Gasteiger partial charge in [-0.3, -0.25) is 4.79 Å². The fraction of sp³-hybridized carbons (Fsp3) is 0.440. The second-order valence-corrected chi connectivity index (χ2v) is 8.81. The van der Waals surface area contributed by atoms with Crippen molar-refractivity contribution in [2.75, 3.05) is 18.4 Å². The maximum Gasteiger partial charge on any atom is 0.404 e. The molecule has 0 saturated heterocycles. The van der Waals surface area contributed by atoms with Gasteiger partial charge in [0.2, 0.25) is 17.7 Å². The van der Waals surface area contributed by atoms with Gasteiger partial charge in [0.1, 0.15) is 5.69 Å². The lowest BCUT2D eigenvalue weighted by Crippen LogP contribution is -2.34. The highest BCUT2D eigenvalue weighted by atomic mass is 16.5. The van der Waals surface area contributed by atoms with Crippen molar-refractivity contribution in [3.63, 3.8) is 0 Å². The molecule has 0 fully saturated rings. The van der Waals surface area contributed by atoms with Crippen molar-refractivity contribution in [3.8, 4) is 23.0 Å². The van der Waals surface area contributed by atoms with Crippen molar-refractivity contribution < 1.29 is 19.2 Å². The molecule has 3 rings (SSSR count). The molecule has 0 aliphatic carbocycles. The number of hydrogen-bond donors (Lipinski definition) is 4. The van der Waals surface area contributed by atoms with Crippen LogP contribution in [0.15, 0.2) is 22.7 Å². The van der Waals surface area contributed by atoms with E-state index in [0.29, 0.717) is 36.2 Å². The molecule has 0 spiro atoms. The molecule has 1 aromatic carbocycles. The standard InChI is InChI=1S/C25H33N7O4/c1-6-17-13-18(11-15(4)19(17)7-8-21(33)26-9-10-27-25(34)35)22-31-23(36-32-22)20-12-16(5)29-24(30-20)28-14(2)3/h11-14,27H,6-10H2,1-5H3,(H,26,33)(H,34,35)(H,28,29,30). The smallest absolute Gasteiger partial charge is 0.404 e. The van der Waals surface area contributed by atoms with Gasteiger partial charge in [0.15, 0.2) is 0 Å². The maximum absolute atomic E-state index is 12.2. The van der Waals surface area contributed by atoms with Crippen LogP contribution < -0.4 is 16.0 Å². The van der Waals surface area contributed by atoms with Crippen LogP contribution in [0.2, 0.25) is 0 Å². The van der Waals surface area contributed by atoms with Crippen LogP contribution in [0.5, 0.6) is 0 Å². The molecule has 4 N–H and O–H groups in total. The Labute approximate surface area is 210 Å². The minimum Gasteiger partial charge on any atom is -0.465 e. The summed E-state index contributed by atoms with van der Waals surface area (Å²) in [5.74, 6) is 1.17. The molecule has 192 valence electrons. The Bertz CT molecular complexity index is 1220. The number of anilines is 1. The van der Waals surface area contributed by atoms with Gasteiger partial charge >= 0.3 is 6.09 Å². The number of carbonyl (C=O) groups is 2. The van der Waals surface area contributed by atoms with Gasteiger partial charge < -0.3 is 25.6 Å². The molecule has 11 nitrogen and oxygen atoms in total. The predicted octanol–water partition coefficient (Wildman–Crippen LogP) is 3.51. The van der Waals surface area contributed by atoms with Gasteiger partial charge in [-0.2, -0.15) is 4.98 Å². The minimum absolute atomic E-state index is 0.123. The van der Waals surface area contributed by atoms with Crippen LogP contribution in [0, 0.1) is 13.8 Å². The molecule has 0 unspecified atom stereocenters. The van der Waals surface area contributed by atoms with E-state index in [1.54, 1.807) is 6.07 Å². The molecule has 0 atom stereocenters. The highest BCUT2D eigenvalue weighted by molar-refractivity contribution is 5.76. The molecule has 2 amide bonds. The molecule has 0 bridgehead atoms. The first-order chi connectivity index (χ1) is 17.2. The normalized spacial score (nSPS) is 10.9. The van der Waals surface area contributed by atoms with Crippen molar-refractivity contribution in [1.29, 1.82) is 0 Å². The summed E-state index contributed by atoms with van der Waals surface area (Å²) in [6.45, 7) is 10.4. The van der Waals surface area contributed by atoms with E-state index in [4.69, 9.17) is 9.63 Å². The third-order valence-electron chi connectivity index (χ3n) is 5.45. The molecular formula is C25H33N7O4. The van der Waals surface area contributed by atoms with Gasteiger partial charge in [0, 0.05) is 36.8 Å². The van der Waals surface area contributed by atoms with Crippen LogP contribution in [0.1, 0.15) is 49.6 Å². The summed E-state index contributed by atoms with van der Waals surface area (Å²) < 4.78 is 5.53. The van der Waals surface area contributed by atoms with Crippen LogP contribution in [-0.4, -0.2) is 56.3 Å². The molecule has 36 heavy (non-hydrogen) atoms. The summed E-state index contributed by atoms with van der Waals surface area (Å²) in [6.07, 6.45) is 0.568. The first kappa shape index (κ1) is 26.6. The molecule has 2 aromatic heterocycles. The van der Waals surface area contributed by atoms with Crippen molar-refractivity contribution in [2.45, 2.75) is 59.9 Å². The number of aromatic nitrogens is 4. The predicted molar refractivity (Wildman–Crippen MR) is 136 cm³/mol. The lowest BCUT2D eigenvalue weighted by molar-refractivity contribution is -0.121. The number of hydrogen-bond acceptors (Lipinski definition) is 8. The number of nitrogens with one attached hydrogen (secondary N) is 3. The van der Waals surface area contributed by atoms with Gasteiger partial charge in [-0.25, -0.2) is 14.8 Å². The Morgan fingerprint density at radius 1 is 1.06 bits per heavy atom. The van der Waals surface area contributed by atoms with Crippen LogP contribution in [0.4, 0.5) is 10.7 Å². The first-order valence-electron chi connectivity index (χ1n) is 12.0. The fourth-order valence-corrected chi connectivity index (χ4v) is 3.84. The lowest BCUT2D eigenvalue weighted by Gasteiger charge is -2.13. The van der Waals surface area contributed by atoms with E-state index >= 15 is 0 Å². The monoisotopic (exact) mass is 495 g/mol. The Morgan fingerprint density at radius 3 is 2.50 bits per heavy atom. The average molecular weight is 496 g/mol. The Hall–Kier alpha value is -4.02. The summed E-state index contributed by atoms with van der Waals surface area (Å²) in [5, 5.41) is 20.9. The van der Waals surface area contributed by atoms with Crippen molar-refractivity contribution >= 4 is 17.9 Å². The number of amides is 2. The molecule has 11 heteroatoms. The summed E-state index contributed by atoms with van der Waals surface area (Å²) in [4.78, 5) is 36.1. The van der Waals surface area contributed by atoms with Gasteiger partial charge in [0.25, 0.3) is 5.89 Å². The highest BCUT2D eigenvalue weighted by Crippen LogP contribution is 2.27. The van der Waals surface area contributed by atoms with Gasteiger partial charge in [0.05, 0.1) is 0 Å². The summed E-state index contributed by atoms with van der Waals surface area (Å²) in [6, 6.07) is 6.02. The zero-order chi connectivity index (χ0) is 26.2. The molecule has 0 aliphatic heterocycles. The average Bonchev–Trinajstić information content (AvgIpc) is 3.30. The SMILES string of the molecule is CCc1cc(-c2noc(-c3cc(C)nc(NC(C)C)n3)n2)cc(C)c1CCC(=O)NCCNC(=O)O. The second kappa shape index (κ2) is 12.1. The molecular weight excluding hydrogens is 462 g/mol. The number of aryl methyl sites for hydroxylation is 3. The van der Waals surface area contributed by atoms with Gasteiger partial charge in [-0.1, -0.05) is 12.1 Å². The van der Waals surface area contributed by atoms with Crippen molar-refractivity contribution in [3.05, 3.63) is 40.6 Å². The van der Waals surface area contributed by atoms with E-state index in [9.17, 15) is 9.59 Å². The van der Waals surface area contributed by atoms with Crippen LogP contribution in [0.3, 0.4) is 0 Å². The van der Waals surface area contributed by atoms with Crippen LogP contribution in [-0.2, 0) is 17.6 Å². The Kier molecular flexibility index (Phi) is 8.93. The number of benzene rings is 1.